The fraction of sp³-hybridized carbons (Fsp3) is 0.333. The Balaban J connectivity index is 4.80. The van der Waals surface area contributed by atoms with Gasteiger partial charge in [0.15, 0.2) is 0 Å². The summed E-state index contributed by atoms with van der Waals surface area (Å²) in [6.07, 6.45) is 5.14. The normalized spacial score (nSPS) is 11.9. The predicted octanol–water partition coefficient (Wildman–Crippen LogP) is 1.46. The Hall–Kier alpha value is -2.36. The Kier molecular flexibility index (Phi) is 8.53. The second-order valence-corrected chi connectivity index (χ2v) is 5.07. The highest BCUT2D eigenvalue weighted by molar-refractivity contribution is 5.79. The van der Waals surface area contributed by atoms with Gasteiger partial charge >= 0.3 is 0 Å². The molecule has 0 spiro atoms. The quantitative estimate of drug-likeness (QED) is 0.541. The van der Waals surface area contributed by atoms with E-state index in [2.05, 4.69) is 33.2 Å². The van der Waals surface area contributed by atoms with Crippen LogP contribution in [0.5, 0.6) is 0 Å². The van der Waals surface area contributed by atoms with Crippen LogP contribution in [0.2, 0.25) is 0 Å². The molecule has 1 unspecified atom stereocenters. The predicted molar refractivity (Wildman–Crippen MR) is 83.3 cm³/mol. The number of unbranched alkanes of at least 4 members (excludes halogenated alkanes) is 1. The molecule has 0 aliphatic heterocycles. The van der Waals surface area contributed by atoms with Gasteiger partial charge in [-0.3, -0.25) is 0 Å². The van der Waals surface area contributed by atoms with Gasteiger partial charge in [-0.15, -0.1) is 0 Å². The van der Waals surface area contributed by atoms with E-state index >= 15 is 0 Å². The van der Waals surface area contributed by atoms with Gasteiger partial charge in [0, 0.05) is 17.9 Å². The lowest BCUT2D eigenvalue weighted by Crippen LogP contribution is -2.36. The van der Waals surface area contributed by atoms with E-state index in [9.17, 15) is 19.8 Å². The fourth-order valence-corrected chi connectivity index (χ4v) is 1.72. The summed E-state index contributed by atoms with van der Waals surface area (Å²) in [6, 6.07) is 0. The third kappa shape index (κ3) is 6.88. The summed E-state index contributed by atoms with van der Waals surface area (Å²) in [6.45, 7) is 17.3. The zero-order valence-corrected chi connectivity index (χ0v) is 13.0. The van der Waals surface area contributed by atoms with Gasteiger partial charge in [0.05, 0.1) is 0 Å². The lowest BCUT2D eigenvalue weighted by atomic mass is 9.94. The zero-order valence-electron chi connectivity index (χ0n) is 13.0. The summed E-state index contributed by atoms with van der Waals surface area (Å²) in [5, 5.41) is 21.5. The number of carbonyl (C=O) groups excluding carboxylic acids is 2. The smallest absolute Gasteiger partial charge is 0.0492 e. The van der Waals surface area contributed by atoms with Gasteiger partial charge in [-0.25, -0.2) is 0 Å². The number of allylic oxidation sites excluding steroid dienone is 5. The number of aliphatic carboxylic acids is 2. The maximum absolute atomic E-state index is 10.9. The lowest BCUT2D eigenvalue weighted by Gasteiger charge is -2.19. The molecule has 0 bridgehead atoms. The molecule has 120 valence electrons. The SMILES string of the molecule is C=C(/C=C/C(=C)C(CC(=O)[O-])C(=O)[O-])C(=C)C(=C)CCCC. The Labute approximate surface area is 131 Å². The molecule has 0 aromatic carbocycles. The van der Waals surface area contributed by atoms with Crippen molar-refractivity contribution in [2.24, 2.45) is 5.92 Å². The van der Waals surface area contributed by atoms with Gasteiger partial charge in [0.2, 0.25) is 0 Å². The molecule has 4 nitrogen and oxygen atoms in total. The second kappa shape index (κ2) is 9.55. The Morgan fingerprint density at radius 1 is 1.09 bits per heavy atom. The fourth-order valence-electron chi connectivity index (χ4n) is 1.72. The summed E-state index contributed by atoms with van der Waals surface area (Å²) in [5.74, 6) is -4.30. The van der Waals surface area contributed by atoms with Crippen LogP contribution >= 0.6 is 0 Å². The molecule has 0 aromatic rings. The maximum atomic E-state index is 10.9. The van der Waals surface area contributed by atoms with Crippen LogP contribution < -0.4 is 10.2 Å². The highest BCUT2D eigenvalue weighted by Gasteiger charge is 2.12. The molecule has 0 saturated carbocycles. The standard InChI is InChI=1S/C18H24O4/c1-6-7-8-12(2)15(5)13(3)9-10-14(4)16(18(21)22)11-17(19)20/h9-10,16H,2-8,11H2,1H3,(H,19,20)(H,21,22)/p-2/b10-9+. The van der Waals surface area contributed by atoms with Crippen LogP contribution in [0.3, 0.4) is 0 Å². The van der Waals surface area contributed by atoms with Gasteiger partial charge in [-0.1, -0.05) is 51.8 Å². The second-order valence-electron chi connectivity index (χ2n) is 5.07. The molecule has 0 radical (unpaired) electrons. The van der Waals surface area contributed by atoms with Crippen LogP contribution in [0.1, 0.15) is 32.6 Å². The number of carboxylic acid groups (broad SMARTS) is 2. The van der Waals surface area contributed by atoms with E-state index in [0.29, 0.717) is 11.1 Å². The molecule has 0 rings (SSSR count). The Bertz CT molecular complexity index is 523. The van der Waals surface area contributed by atoms with E-state index < -0.39 is 24.3 Å². The number of rotatable bonds is 11. The summed E-state index contributed by atoms with van der Waals surface area (Å²) in [5.41, 5.74) is 2.24. The van der Waals surface area contributed by atoms with E-state index in [1.165, 1.54) is 6.08 Å². The van der Waals surface area contributed by atoms with Crippen LogP contribution in [0.25, 0.3) is 0 Å². The number of carbonyl (C=O) groups is 2. The minimum atomic E-state index is -1.50. The minimum absolute atomic E-state index is 0.109. The first-order chi connectivity index (χ1) is 10.2. The molecular weight excluding hydrogens is 280 g/mol. The van der Waals surface area contributed by atoms with Crippen LogP contribution in [-0.2, 0) is 9.59 Å². The van der Waals surface area contributed by atoms with Crippen molar-refractivity contribution in [3.8, 4) is 0 Å². The molecule has 4 heteroatoms. The van der Waals surface area contributed by atoms with Crippen LogP contribution in [0.15, 0.2) is 60.8 Å². The van der Waals surface area contributed by atoms with E-state index in [1.54, 1.807) is 6.08 Å². The first-order valence-electron chi connectivity index (χ1n) is 7.04. The minimum Gasteiger partial charge on any atom is -0.550 e. The Morgan fingerprint density at radius 3 is 2.14 bits per heavy atom. The maximum Gasteiger partial charge on any atom is 0.0492 e. The molecule has 0 heterocycles. The van der Waals surface area contributed by atoms with Gasteiger partial charge in [-0.2, -0.15) is 0 Å². The summed E-state index contributed by atoms with van der Waals surface area (Å²) in [7, 11) is 0. The van der Waals surface area contributed by atoms with Gasteiger partial charge in [0.1, 0.15) is 0 Å². The molecule has 0 fully saturated rings. The van der Waals surface area contributed by atoms with E-state index in [1.807, 2.05) is 0 Å². The lowest BCUT2D eigenvalue weighted by molar-refractivity contribution is -0.319. The van der Waals surface area contributed by atoms with Crippen molar-refractivity contribution in [1.29, 1.82) is 0 Å². The molecule has 0 aromatic heterocycles. The summed E-state index contributed by atoms with van der Waals surface area (Å²) in [4.78, 5) is 21.5. The first-order valence-corrected chi connectivity index (χ1v) is 7.04. The van der Waals surface area contributed by atoms with E-state index in [0.717, 1.165) is 24.8 Å². The van der Waals surface area contributed by atoms with Gasteiger partial charge in [-0.05, 0) is 41.6 Å². The largest absolute Gasteiger partial charge is 0.550 e. The van der Waals surface area contributed by atoms with Crippen molar-refractivity contribution in [1.82, 2.24) is 0 Å². The van der Waals surface area contributed by atoms with Crippen molar-refractivity contribution in [2.75, 3.05) is 0 Å². The molecule has 22 heavy (non-hydrogen) atoms. The average Bonchev–Trinajstić information content (AvgIpc) is 2.45. The molecular formula is C18H22O4-2. The summed E-state index contributed by atoms with van der Waals surface area (Å²) < 4.78 is 0. The topological polar surface area (TPSA) is 80.3 Å². The molecule has 0 aliphatic carbocycles. The van der Waals surface area contributed by atoms with Crippen molar-refractivity contribution in [2.45, 2.75) is 32.6 Å². The van der Waals surface area contributed by atoms with Crippen molar-refractivity contribution in [3.05, 3.63) is 60.8 Å². The van der Waals surface area contributed by atoms with Crippen LogP contribution in [0.4, 0.5) is 0 Å². The van der Waals surface area contributed by atoms with E-state index in [-0.39, 0.29) is 5.57 Å². The number of hydrogen-bond donors (Lipinski definition) is 0. The molecule has 0 saturated heterocycles. The third-order valence-electron chi connectivity index (χ3n) is 3.25. The first kappa shape index (κ1) is 19.6. The third-order valence-corrected chi connectivity index (χ3v) is 3.25. The van der Waals surface area contributed by atoms with E-state index in [4.69, 9.17) is 0 Å². The zero-order chi connectivity index (χ0) is 17.3. The molecule has 1 atom stereocenters. The number of carboxylic acids is 2. The molecule has 0 amide bonds. The van der Waals surface area contributed by atoms with Gasteiger partial charge in [0.25, 0.3) is 0 Å². The highest BCUT2D eigenvalue weighted by atomic mass is 16.4. The molecule has 0 N–H and O–H groups in total. The summed E-state index contributed by atoms with van der Waals surface area (Å²) >= 11 is 0. The average molecular weight is 302 g/mol. The van der Waals surface area contributed by atoms with Crippen LogP contribution in [-0.4, -0.2) is 11.9 Å². The molecule has 0 aliphatic rings. The highest BCUT2D eigenvalue weighted by Crippen LogP contribution is 2.22. The van der Waals surface area contributed by atoms with Gasteiger partial charge < -0.3 is 19.8 Å². The van der Waals surface area contributed by atoms with Crippen molar-refractivity contribution >= 4 is 11.9 Å². The number of hydrogen-bond acceptors (Lipinski definition) is 4. The monoisotopic (exact) mass is 302 g/mol. The Morgan fingerprint density at radius 2 is 1.68 bits per heavy atom. The van der Waals surface area contributed by atoms with Crippen molar-refractivity contribution in [3.63, 3.8) is 0 Å². The van der Waals surface area contributed by atoms with Crippen molar-refractivity contribution < 1.29 is 19.8 Å². The van der Waals surface area contributed by atoms with Crippen LogP contribution in [0, 0.1) is 5.92 Å².